The van der Waals surface area contributed by atoms with Crippen LogP contribution >= 0.6 is 0 Å². The first-order valence-electron chi connectivity index (χ1n) is 7.38. The van der Waals surface area contributed by atoms with Crippen LogP contribution in [0.4, 0.5) is 0 Å². The number of para-hydroxylation sites is 2. The van der Waals surface area contributed by atoms with Crippen molar-refractivity contribution in [3.05, 3.63) is 30.2 Å². The minimum Gasteiger partial charge on any atom is -0.480 e. The molecule has 0 fully saturated rings. The number of benzene rings is 1. The summed E-state index contributed by atoms with van der Waals surface area (Å²) in [6.45, 7) is 3.70. The van der Waals surface area contributed by atoms with Crippen LogP contribution in [-0.4, -0.2) is 28.0 Å². The maximum atomic E-state index is 11.9. The molecule has 2 unspecified atom stereocenters. The average molecular weight is 304 g/mol. The lowest BCUT2D eigenvalue weighted by atomic mass is 9.99. The van der Waals surface area contributed by atoms with E-state index in [2.05, 4.69) is 10.3 Å². The van der Waals surface area contributed by atoms with Gasteiger partial charge in [-0.25, -0.2) is 9.78 Å². The van der Waals surface area contributed by atoms with Crippen LogP contribution in [0.25, 0.3) is 11.1 Å². The highest BCUT2D eigenvalue weighted by molar-refractivity contribution is 5.83. The van der Waals surface area contributed by atoms with Gasteiger partial charge in [-0.3, -0.25) is 4.79 Å². The van der Waals surface area contributed by atoms with Gasteiger partial charge in [-0.1, -0.05) is 32.4 Å². The van der Waals surface area contributed by atoms with E-state index < -0.39 is 12.0 Å². The van der Waals surface area contributed by atoms with Gasteiger partial charge < -0.3 is 14.8 Å². The zero-order valence-electron chi connectivity index (χ0n) is 12.7. The smallest absolute Gasteiger partial charge is 0.326 e. The van der Waals surface area contributed by atoms with Crippen molar-refractivity contribution < 1.29 is 19.1 Å². The van der Waals surface area contributed by atoms with Crippen molar-refractivity contribution in [2.45, 2.75) is 39.2 Å². The summed E-state index contributed by atoms with van der Waals surface area (Å²) < 4.78 is 5.53. The molecule has 1 aromatic carbocycles. The number of oxazole rings is 1. The van der Waals surface area contributed by atoms with Crippen molar-refractivity contribution in [2.75, 3.05) is 0 Å². The van der Waals surface area contributed by atoms with Crippen molar-refractivity contribution >= 4 is 23.0 Å². The molecule has 0 saturated heterocycles. The monoisotopic (exact) mass is 304 g/mol. The number of nitrogens with one attached hydrogen (secondary N) is 1. The van der Waals surface area contributed by atoms with Crippen LogP contribution < -0.4 is 5.32 Å². The molecule has 6 nitrogen and oxygen atoms in total. The molecule has 0 bridgehead atoms. The molecule has 2 N–H and O–H groups in total. The molecule has 2 rings (SSSR count). The van der Waals surface area contributed by atoms with Gasteiger partial charge in [0.2, 0.25) is 5.91 Å². The lowest BCUT2D eigenvalue weighted by Gasteiger charge is -2.19. The van der Waals surface area contributed by atoms with Gasteiger partial charge in [0.15, 0.2) is 11.5 Å². The minimum atomic E-state index is -1.01. The van der Waals surface area contributed by atoms with Crippen LogP contribution in [0.2, 0.25) is 0 Å². The Balaban J connectivity index is 1.93. The molecule has 118 valence electrons. The molecule has 1 amide bonds. The zero-order chi connectivity index (χ0) is 16.1. The number of hydrogen-bond acceptors (Lipinski definition) is 4. The number of aryl methyl sites for hydroxylation is 1. The third kappa shape index (κ3) is 3.84. The number of carbonyl (C=O) groups excluding carboxylic acids is 1. The Morgan fingerprint density at radius 3 is 2.73 bits per heavy atom. The highest BCUT2D eigenvalue weighted by Crippen LogP contribution is 2.15. The van der Waals surface area contributed by atoms with E-state index in [1.165, 1.54) is 0 Å². The fourth-order valence-electron chi connectivity index (χ4n) is 2.18. The van der Waals surface area contributed by atoms with Crippen LogP contribution in [0.3, 0.4) is 0 Å². The number of amides is 1. The predicted octanol–water partition coefficient (Wildman–Crippen LogP) is 2.38. The highest BCUT2D eigenvalue weighted by atomic mass is 16.4. The van der Waals surface area contributed by atoms with E-state index in [-0.39, 0.29) is 18.2 Å². The standard InChI is InChI=1S/C16H20N2O4/c1-3-10(2)15(16(20)21)18-13(19)8-9-14-17-11-6-4-5-7-12(11)22-14/h4-7,10,15H,3,8-9H2,1-2H3,(H,18,19)(H,20,21). The summed E-state index contributed by atoms with van der Waals surface area (Å²) in [6.07, 6.45) is 1.17. The van der Waals surface area contributed by atoms with Crippen LogP contribution in [0.5, 0.6) is 0 Å². The van der Waals surface area contributed by atoms with Crippen LogP contribution in [-0.2, 0) is 16.0 Å². The quantitative estimate of drug-likeness (QED) is 0.819. The van der Waals surface area contributed by atoms with Gasteiger partial charge in [-0.2, -0.15) is 0 Å². The molecule has 2 atom stereocenters. The summed E-state index contributed by atoms with van der Waals surface area (Å²) in [4.78, 5) is 27.4. The molecule has 0 spiro atoms. The SMILES string of the molecule is CCC(C)C(NC(=O)CCc1nc2ccccc2o1)C(=O)O. The Kier molecular flexibility index (Phi) is 5.14. The van der Waals surface area contributed by atoms with Crippen molar-refractivity contribution in [1.29, 1.82) is 0 Å². The Morgan fingerprint density at radius 1 is 1.36 bits per heavy atom. The first kappa shape index (κ1) is 16.0. The fraction of sp³-hybridized carbons (Fsp3) is 0.438. The topological polar surface area (TPSA) is 92.4 Å². The summed E-state index contributed by atoms with van der Waals surface area (Å²) >= 11 is 0. The minimum absolute atomic E-state index is 0.120. The Labute approximate surface area is 128 Å². The van der Waals surface area contributed by atoms with Gasteiger partial charge in [0, 0.05) is 12.8 Å². The van der Waals surface area contributed by atoms with E-state index in [1.54, 1.807) is 6.92 Å². The fourth-order valence-corrected chi connectivity index (χ4v) is 2.18. The summed E-state index contributed by atoms with van der Waals surface area (Å²) in [5.74, 6) is -0.961. The molecule has 0 aliphatic rings. The number of rotatable bonds is 7. The number of fused-ring (bicyclic) bond motifs is 1. The van der Waals surface area contributed by atoms with Gasteiger partial charge in [0.25, 0.3) is 0 Å². The molecular weight excluding hydrogens is 284 g/mol. The second-order valence-electron chi connectivity index (χ2n) is 5.34. The number of carboxylic acid groups (broad SMARTS) is 1. The Morgan fingerprint density at radius 2 is 2.09 bits per heavy atom. The van der Waals surface area contributed by atoms with Gasteiger partial charge in [0.1, 0.15) is 11.6 Å². The maximum absolute atomic E-state index is 11.9. The zero-order valence-corrected chi connectivity index (χ0v) is 12.7. The average Bonchev–Trinajstić information content (AvgIpc) is 2.92. The molecular formula is C16H20N2O4. The van der Waals surface area contributed by atoms with Crippen molar-refractivity contribution in [1.82, 2.24) is 10.3 Å². The van der Waals surface area contributed by atoms with Gasteiger partial charge in [-0.15, -0.1) is 0 Å². The number of carboxylic acids is 1. The van der Waals surface area contributed by atoms with Gasteiger partial charge in [0.05, 0.1) is 0 Å². The van der Waals surface area contributed by atoms with Crippen molar-refractivity contribution in [2.24, 2.45) is 5.92 Å². The lowest BCUT2D eigenvalue weighted by Crippen LogP contribution is -2.45. The number of aromatic nitrogens is 1. The van der Waals surface area contributed by atoms with E-state index in [4.69, 9.17) is 9.52 Å². The van der Waals surface area contributed by atoms with E-state index in [0.717, 1.165) is 5.52 Å². The molecule has 0 saturated carbocycles. The molecule has 0 radical (unpaired) electrons. The number of carbonyl (C=O) groups is 2. The third-order valence-corrected chi connectivity index (χ3v) is 3.70. The molecule has 0 aliphatic carbocycles. The van der Waals surface area contributed by atoms with Crippen molar-refractivity contribution in [3.8, 4) is 0 Å². The second-order valence-corrected chi connectivity index (χ2v) is 5.34. The lowest BCUT2D eigenvalue weighted by molar-refractivity contribution is -0.143. The molecule has 1 aromatic heterocycles. The van der Waals surface area contributed by atoms with Gasteiger partial charge in [-0.05, 0) is 18.1 Å². The van der Waals surface area contributed by atoms with E-state index in [0.29, 0.717) is 24.3 Å². The maximum Gasteiger partial charge on any atom is 0.326 e. The molecule has 1 heterocycles. The van der Waals surface area contributed by atoms with Crippen LogP contribution in [0.15, 0.2) is 28.7 Å². The first-order valence-corrected chi connectivity index (χ1v) is 7.38. The Hall–Kier alpha value is -2.37. The molecule has 0 aliphatic heterocycles. The molecule has 2 aromatic rings. The van der Waals surface area contributed by atoms with Crippen LogP contribution in [0.1, 0.15) is 32.6 Å². The van der Waals surface area contributed by atoms with Gasteiger partial charge >= 0.3 is 5.97 Å². The highest BCUT2D eigenvalue weighted by Gasteiger charge is 2.25. The molecule has 22 heavy (non-hydrogen) atoms. The van der Waals surface area contributed by atoms with Crippen molar-refractivity contribution in [3.63, 3.8) is 0 Å². The largest absolute Gasteiger partial charge is 0.480 e. The van der Waals surface area contributed by atoms with E-state index in [1.807, 2.05) is 31.2 Å². The summed E-state index contributed by atoms with van der Waals surface area (Å²) in [7, 11) is 0. The number of aliphatic carboxylic acids is 1. The second kappa shape index (κ2) is 7.06. The van der Waals surface area contributed by atoms with E-state index in [9.17, 15) is 9.59 Å². The van der Waals surface area contributed by atoms with E-state index >= 15 is 0 Å². The first-order chi connectivity index (χ1) is 10.5. The summed E-state index contributed by atoms with van der Waals surface area (Å²) in [5.41, 5.74) is 1.43. The third-order valence-electron chi connectivity index (χ3n) is 3.70. The normalized spacial score (nSPS) is 13.7. The van der Waals surface area contributed by atoms with Crippen LogP contribution in [0, 0.1) is 5.92 Å². The predicted molar refractivity (Wildman–Crippen MR) is 81.4 cm³/mol. The number of hydrogen-bond donors (Lipinski definition) is 2. The Bertz CT molecular complexity index is 632. The summed E-state index contributed by atoms with van der Waals surface area (Å²) in [5, 5.41) is 11.7. The molecule has 6 heteroatoms. The summed E-state index contributed by atoms with van der Waals surface area (Å²) in [6, 6.07) is 6.51. The number of nitrogens with zero attached hydrogens (tertiary/aromatic N) is 1.